The van der Waals surface area contributed by atoms with Gasteiger partial charge in [-0.1, -0.05) is 17.7 Å². The van der Waals surface area contributed by atoms with E-state index in [1.165, 1.54) is 0 Å². The Bertz CT molecular complexity index is 622. The SMILES string of the molecule is Cc1cc(CNC(=O)CCOc2cccc(Cl)c2)c(C)o1. The number of aryl methyl sites for hydroxylation is 2. The number of halogens is 1. The highest BCUT2D eigenvalue weighted by Gasteiger charge is 2.07. The van der Waals surface area contributed by atoms with Crippen LogP contribution in [0.25, 0.3) is 0 Å². The summed E-state index contributed by atoms with van der Waals surface area (Å²) in [6, 6.07) is 9.04. The van der Waals surface area contributed by atoms with Crippen LogP contribution >= 0.6 is 11.6 Å². The predicted octanol–water partition coefficient (Wildman–Crippen LogP) is 3.64. The summed E-state index contributed by atoms with van der Waals surface area (Å²) >= 11 is 5.85. The van der Waals surface area contributed by atoms with Gasteiger partial charge in [-0.3, -0.25) is 4.79 Å². The Morgan fingerprint density at radius 3 is 2.81 bits per heavy atom. The summed E-state index contributed by atoms with van der Waals surface area (Å²) in [5.74, 6) is 2.29. The van der Waals surface area contributed by atoms with Crippen LogP contribution in [0.3, 0.4) is 0 Å². The predicted molar refractivity (Wildman–Crippen MR) is 81.6 cm³/mol. The third-order valence-electron chi connectivity index (χ3n) is 3.01. The average Bonchev–Trinajstić information content (AvgIpc) is 2.75. The van der Waals surface area contributed by atoms with E-state index in [4.69, 9.17) is 20.8 Å². The highest BCUT2D eigenvalue weighted by Crippen LogP contribution is 2.17. The quantitative estimate of drug-likeness (QED) is 0.886. The maximum Gasteiger partial charge on any atom is 0.223 e. The fourth-order valence-corrected chi connectivity index (χ4v) is 2.14. The molecule has 0 aliphatic rings. The molecule has 0 bridgehead atoms. The molecule has 112 valence electrons. The van der Waals surface area contributed by atoms with Gasteiger partial charge in [0.15, 0.2) is 0 Å². The molecule has 0 saturated heterocycles. The number of carbonyl (C=O) groups is 1. The van der Waals surface area contributed by atoms with Crippen molar-refractivity contribution in [3.8, 4) is 5.75 Å². The van der Waals surface area contributed by atoms with E-state index in [1.54, 1.807) is 18.2 Å². The van der Waals surface area contributed by atoms with E-state index >= 15 is 0 Å². The smallest absolute Gasteiger partial charge is 0.223 e. The van der Waals surface area contributed by atoms with Gasteiger partial charge in [0.25, 0.3) is 0 Å². The Labute approximate surface area is 129 Å². The molecule has 0 unspecified atom stereocenters. The standard InChI is InChI=1S/C16H18ClNO3/c1-11-8-13(12(2)21-11)10-18-16(19)6-7-20-15-5-3-4-14(17)9-15/h3-5,8-9H,6-7,10H2,1-2H3,(H,18,19). The largest absolute Gasteiger partial charge is 0.493 e. The van der Waals surface area contributed by atoms with Crippen molar-refractivity contribution in [3.63, 3.8) is 0 Å². The summed E-state index contributed by atoms with van der Waals surface area (Å²) in [6.07, 6.45) is 0.294. The Balaban J connectivity index is 1.71. The summed E-state index contributed by atoms with van der Waals surface area (Å²) in [5.41, 5.74) is 0.997. The minimum absolute atomic E-state index is 0.0599. The zero-order valence-electron chi connectivity index (χ0n) is 12.1. The number of carbonyl (C=O) groups excluding carboxylic acids is 1. The van der Waals surface area contributed by atoms with Crippen LogP contribution in [-0.4, -0.2) is 12.5 Å². The molecule has 1 amide bonds. The lowest BCUT2D eigenvalue weighted by molar-refractivity contribution is -0.121. The summed E-state index contributed by atoms with van der Waals surface area (Å²) in [6.45, 7) is 4.56. The van der Waals surface area contributed by atoms with Gasteiger partial charge in [-0.25, -0.2) is 0 Å². The second-order valence-electron chi connectivity index (χ2n) is 4.77. The van der Waals surface area contributed by atoms with E-state index in [9.17, 15) is 4.79 Å². The van der Waals surface area contributed by atoms with Gasteiger partial charge in [0.2, 0.25) is 5.91 Å². The molecule has 0 aliphatic heterocycles. The molecule has 1 N–H and O–H groups in total. The van der Waals surface area contributed by atoms with E-state index in [1.807, 2.05) is 26.0 Å². The van der Waals surface area contributed by atoms with Gasteiger partial charge in [0.1, 0.15) is 17.3 Å². The first-order chi connectivity index (χ1) is 10.0. The van der Waals surface area contributed by atoms with Crippen molar-refractivity contribution in [2.24, 2.45) is 0 Å². The molecule has 0 aliphatic carbocycles. The van der Waals surface area contributed by atoms with Crippen molar-refractivity contribution in [2.45, 2.75) is 26.8 Å². The van der Waals surface area contributed by atoms with Crippen molar-refractivity contribution in [2.75, 3.05) is 6.61 Å². The number of ether oxygens (including phenoxy) is 1. The molecular formula is C16H18ClNO3. The maximum atomic E-state index is 11.7. The molecule has 1 heterocycles. The molecule has 2 aromatic rings. The van der Waals surface area contributed by atoms with Gasteiger partial charge in [-0.05, 0) is 38.1 Å². The number of rotatable bonds is 6. The van der Waals surface area contributed by atoms with Crippen molar-refractivity contribution in [1.82, 2.24) is 5.32 Å². The number of furan rings is 1. The van der Waals surface area contributed by atoms with Crippen molar-refractivity contribution in [1.29, 1.82) is 0 Å². The van der Waals surface area contributed by atoms with Crippen molar-refractivity contribution < 1.29 is 13.9 Å². The Kier molecular flexibility index (Phi) is 5.28. The number of amides is 1. The second-order valence-corrected chi connectivity index (χ2v) is 5.21. The first kappa shape index (κ1) is 15.4. The molecule has 2 rings (SSSR count). The minimum atomic E-state index is -0.0599. The van der Waals surface area contributed by atoms with E-state index in [0.717, 1.165) is 17.1 Å². The molecule has 0 fully saturated rings. The van der Waals surface area contributed by atoms with E-state index in [0.29, 0.717) is 30.3 Å². The first-order valence-electron chi connectivity index (χ1n) is 6.75. The fourth-order valence-electron chi connectivity index (χ4n) is 1.96. The van der Waals surface area contributed by atoms with Crippen LogP contribution in [0.4, 0.5) is 0 Å². The lowest BCUT2D eigenvalue weighted by Gasteiger charge is -2.07. The average molecular weight is 308 g/mol. The van der Waals surface area contributed by atoms with Crippen LogP contribution in [0.2, 0.25) is 5.02 Å². The molecule has 0 atom stereocenters. The van der Waals surface area contributed by atoms with Gasteiger partial charge in [0.05, 0.1) is 13.0 Å². The normalized spacial score (nSPS) is 10.4. The number of benzene rings is 1. The van der Waals surface area contributed by atoms with Crippen molar-refractivity contribution in [3.05, 3.63) is 52.4 Å². The number of nitrogens with one attached hydrogen (secondary N) is 1. The molecular weight excluding hydrogens is 290 g/mol. The molecule has 21 heavy (non-hydrogen) atoms. The molecule has 1 aromatic carbocycles. The summed E-state index contributed by atoms with van der Waals surface area (Å²) in [5, 5.41) is 3.46. The second kappa shape index (κ2) is 7.18. The zero-order chi connectivity index (χ0) is 15.2. The van der Waals surface area contributed by atoms with Crippen LogP contribution in [0.5, 0.6) is 5.75 Å². The van der Waals surface area contributed by atoms with Crippen LogP contribution in [-0.2, 0) is 11.3 Å². The Morgan fingerprint density at radius 1 is 1.33 bits per heavy atom. The molecule has 0 saturated carbocycles. The third kappa shape index (κ3) is 4.83. The van der Waals surface area contributed by atoms with Crippen LogP contribution in [0.15, 0.2) is 34.7 Å². The number of hydrogen-bond donors (Lipinski definition) is 1. The lowest BCUT2D eigenvalue weighted by Crippen LogP contribution is -2.24. The van der Waals surface area contributed by atoms with Crippen molar-refractivity contribution >= 4 is 17.5 Å². The van der Waals surface area contributed by atoms with E-state index in [-0.39, 0.29) is 5.91 Å². The Hall–Kier alpha value is -1.94. The third-order valence-corrected chi connectivity index (χ3v) is 3.25. The Morgan fingerprint density at radius 2 is 2.14 bits per heavy atom. The first-order valence-corrected chi connectivity index (χ1v) is 7.13. The topological polar surface area (TPSA) is 51.5 Å². The molecule has 0 radical (unpaired) electrons. The van der Waals surface area contributed by atoms with Gasteiger partial charge >= 0.3 is 0 Å². The highest BCUT2D eigenvalue weighted by atomic mass is 35.5. The minimum Gasteiger partial charge on any atom is -0.493 e. The molecule has 4 nitrogen and oxygen atoms in total. The molecule has 1 aromatic heterocycles. The van der Waals surface area contributed by atoms with Crippen LogP contribution < -0.4 is 10.1 Å². The van der Waals surface area contributed by atoms with Crippen LogP contribution in [0, 0.1) is 13.8 Å². The number of hydrogen-bond acceptors (Lipinski definition) is 3. The molecule has 0 spiro atoms. The van der Waals surface area contributed by atoms with Gasteiger partial charge in [-0.15, -0.1) is 0 Å². The summed E-state index contributed by atoms with van der Waals surface area (Å²) < 4.78 is 10.9. The highest BCUT2D eigenvalue weighted by molar-refractivity contribution is 6.30. The monoisotopic (exact) mass is 307 g/mol. The van der Waals surface area contributed by atoms with Gasteiger partial charge < -0.3 is 14.5 Å². The lowest BCUT2D eigenvalue weighted by atomic mass is 10.2. The summed E-state index contributed by atoms with van der Waals surface area (Å²) in [4.78, 5) is 11.7. The van der Waals surface area contributed by atoms with Gasteiger partial charge in [-0.2, -0.15) is 0 Å². The van der Waals surface area contributed by atoms with E-state index < -0.39 is 0 Å². The zero-order valence-corrected chi connectivity index (χ0v) is 12.9. The van der Waals surface area contributed by atoms with Crippen LogP contribution in [0.1, 0.15) is 23.5 Å². The van der Waals surface area contributed by atoms with E-state index in [2.05, 4.69) is 5.32 Å². The maximum absolute atomic E-state index is 11.7. The molecule has 5 heteroatoms. The van der Waals surface area contributed by atoms with Gasteiger partial charge in [0, 0.05) is 17.1 Å². The fraction of sp³-hybridized carbons (Fsp3) is 0.312. The summed E-state index contributed by atoms with van der Waals surface area (Å²) in [7, 11) is 0.